The van der Waals surface area contributed by atoms with Crippen LogP contribution in [0.15, 0.2) is 11.0 Å². The third-order valence-corrected chi connectivity index (χ3v) is 6.28. The minimum Gasteiger partial charge on any atom is -0.310 e. The lowest BCUT2D eigenvalue weighted by molar-refractivity contribution is -0.0303. The van der Waals surface area contributed by atoms with Crippen molar-refractivity contribution in [3.63, 3.8) is 0 Å². The summed E-state index contributed by atoms with van der Waals surface area (Å²) in [6.07, 6.45) is 11.7. The van der Waals surface area contributed by atoms with Crippen molar-refractivity contribution in [1.29, 1.82) is 0 Å². The van der Waals surface area contributed by atoms with E-state index >= 15 is 0 Å². The standard InChI is InChI=1S/C16H22N2O/c19-16-17-14(11-1-2-11)8-18(16)15-12-4-9-3-10(6-12)7-13(15)5-9/h8-13,15H,1-7H2,(H,17,19). The molecule has 5 aliphatic carbocycles. The number of nitrogens with one attached hydrogen (secondary N) is 1. The van der Waals surface area contributed by atoms with Crippen LogP contribution in [0.4, 0.5) is 0 Å². The molecule has 1 heterocycles. The number of nitrogens with zero attached hydrogens (tertiary/aromatic N) is 1. The van der Waals surface area contributed by atoms with Crippen LogP contribution in [0, 0.1) is 23.7 Å². The van der Waals surface area contributed by atoms with Crippen LogP contribution in [0.2, 0.25) is 0 Å². The summed E-state index contributed by atoms with van der Waals surface area (Å²) in [7, 11) is 0. The Bertz CT molecular complexity index is 538. The molecule has 0 atom stereocenters. The molecule has 0 spiro atoms. The number of H-pyrrole nitrogens is 1. The monoisotopic (exact) mass is 258 g/mol. The third-order valence-electron chi connectivity index (χ3n) is 6.28. The number of imidazole rings is 1. The summed E-state index contributed by atoms with van der Waals surface area (Å²) in [5.41, 5.74) is 1.37. The van der Waals surface area contributed by atoms with Gasteiger partial charge in [-0.05, 0) is 68.6 Å². The summed E-state index contributed by atoms with van der Waals surface area (Å²) < 4.78 is 2.10. The first-order chi connectivity index (χ1) is 9.28. The molecular formula is C16H22N2O. The highest BCUT2D eigenvalue weighted by molar-refractivity contribution is 5.13. The van der Waals surface area contributed by atoms with Gasteiger partial charge in [-0.25, -0.2) is 4.79 Å². The first-order valence-corrected chi connectivity index (χ1v) is 8.09. The molecule has 19 heavy (non-hydrogen) atoms. The van der Waals surface area contributed by atoms with Crippen molar-refractivity contribution in [2.45, 2.75) is 56.9 Å². The van der Waals surface area contributed by atoms with E-state index in [9.17, 15) is 4.79 Å². The molecule has 3 heteroatoms. The molecule has 102 valence electrons. The van der Waals surface area contributed by atoms with Gasteiger partial charge in [-0.15, -0.1) is 0 Å². The predicted octanol–water partition coefficient (Wildman–Crippen LogP) is 3.05. The van der Waals surface area contributed by atoms with Crippen LogP contribution >= 0.6 is 0 Å². The van der Waals surface area contributed by atoms with Crippen molar-refractivity contribution in [2.24, 2.45) is 23.7 Å². The van der Waals surface area contributed by atoms with E-state index in [0.717, 1.165) is 23.7 Å². The second-order valence-electron chi connectivity index (χ2n) is 7.62. The highest BCUT2D eigenvalue weighted by Gasteiger charge is 2.49. The number of rotatable bonds is 2. The van der Waals surface area contributed by atoms with E-state index in [1.807, 2.05) is 0 Å². The Hall–Kier alpha value is -0.990. The maximum atomic E-state index is 12.3. The molecular weight excluding hydrogens is 236 g/mol. The summed E-state index contributed by atoms with van der Waals surface area (Å²) in [5.74, 6) is 4.20. The number of aromatic nitrogens is 2. The van der Waals surface area contributed by atoms with E-state index in [0.29, 0.717) is 12.0 Å². The quantitative estimate of drug-likeness (QED) is 0.870. The summed E-state index contributed by atoms with van der Waals surface area (Å²) in [6.45, 7) is 0. The second kappa shape index (κ2) is 3.56. The van der Waals surface area contributed by atoms with Crippen LogP contribution in [0.25, 0.3) is 0 Å². The molecule has 0 saturated heterocycles. The lowest BCUT2D eigenvalue weighted by Gasteiger charge is -2.54. The van der Waals surface area contributed by atoms with Crippen LogP contribution in [0.5, 0.6) is 0 Å². The van der Waals surface area contributed by atoms with E-state index in [4.69, 9.17) is 0 Å². The Morgan fingerprint density at radius 2 is 1.63 bits per heavy atom. The van der Waals surface area contributed by atoms with Gasteiger partial charge < -0.3 is 4.98 Å². The number of hydrogen-bond acceptors (Lipinski definition) is 1. The smallest absolute Gasteiger partial charge is 0.310 e. The van der Waals surface area contributed by atoms with Gasteiger partial charge in [0, 0.05) is 23.9 Å². The average molecular weight is 258 g/mol. The highest BCUT2D eigenvalue weighted by Crippen LogP contribution is 2.58. The minimum absolute atomic E-state index is 0.166. The Balaban J connectivity index is 1.53. The molecule has 1 aromatic heterocycles. The Labute approximate surface area is 113 Å². The average Bonchev–Trinajstić information content (AvgIpc) is 3.13. The SMILES string of the molecule is O=c1[nH]c(C2CC2)cn1C1C2CC3CC(C2)CC1C3. The van der Waals surface area contributed by atoms with Gasteiger partial charge in [0.2, 0.25) is 0 Å². The molecule has 1 aromatic rings. The third kappa shape index (κ3) is 1.53. The van der Waals surface area contributed by atoms with Crippen molar-refractivity contribution in [1.82, 2.24) is 9.55 Å². The summed E-state index contributed by atoms with van der Waals surface area (Å²) in [4.78, 5) is 15.4. The lowest BCUT2D eigenvalue weighted by Crippen LogP contribution is -2.47. The van der Waals surface area contributed by atoms with E-state index < -0.39 is 0 Å². The van der Waals surface area contributed by atoms with Crippen LogP contribution in [0.3, 0.4) is 0 Å². The minimum atomic E-state index is 0.166. The fourth-order valence-corrected chi connectivity index (χ4v) is 5.60. The van der Waals surface area contributed by atoms with E-state index in [1.54, 1.807) is 0 Å². The molecule has 3 nitrogen and oxygen atoms in total. The molecule has 1 N–H and O–H groups in total. The number of hydrogen-bond donors (Lipinski definition) is 1. The Kier molecular flexibility index (Phi) is 2.01. The van der Waals surface area contributed by atoms with Crippen LogP contribution < -0.4 is 5.69 Å². The normalized spacial score (nSPS) is 43.9. The molecule has 4 bridgehead atoms. The molecule has 0 aromatic carbocycles. The van der Waals surface area contributed by atoms with E-state index in [1.165, 1.54) is 50.6 Å². The molecule has 5 fully saturated rings. The van der Waals surface area contributed by atoms with Crippen molar-refractivity contribution in [3.05, 3.63) is 22.4 Å². The topological polar surface area (TPSA) is 37.8 Å². The largest absolute Gasteiger partial charge is 0.325 e. The summed E-state index contributed by atoms with van der Waals surface area (Å²) in [6, 6.07) is 0.518. The predicted molar refractivity (Wildman–Crippen MR) is 73.1 cm³/mol. The zero-order valence-electron chi connectivity index (χ0n) is 11.3. The first kappa shape index (κ1) is 10.8. The Morgan fingerprint density at radius 1 is 1.00 bits per heavy atom. The van der Waals surface area contributed by atoms with Crippen LogP contribution in [-0.4, -0.2) is 9.55 Å². The van der Waals surface area contributed by atoms with Crippen molar-refractivity contribution < 1.29 is 0 Å². The highest BCUT2D eigenvalue weighted by atomic mass is 16.1. The van der Waals surface area contributed by atoms with Gasteiger partial charge in [0.25, 0.3) is 0 Å². The molecule has 0 unspecified atom stereocenters. The van der Waals surface area contributed by atoms with Gasteiger partial charge in [-0.2, -0.15) is 0 Å². The number of aromatic amines is 1. The van der Waals surface area contributed by atoms with Gasteiger partial charge in [0.1, 0.15) is 0 Å². The van der Waals surface area contributed by atoms with E-state index in [-0.39, 0.29) is 5.69 Å². The first-order valence-electron chi connectivity index (χ1n) is 8.09. The van der Waals surface area contributed by atoms with Gasteiger partial charge >= 0.3 is 5.69 Å². The van der Waals surface area contributed by atoms with Gasteiger partial charge in [-0.1, -0.05) is 0 Å². The van der Waals surface area contributed by atoms with Crippen molar-refractivity contribution in [2.75, 3.05) is 0 Å². The van der Waals surface area contributed by atoms with Crippen LogP contribution in [-0.2, 0) is 0 Å². The molecule has 6 rings (SSSR count). The zero-order valence-corrected chi connectivity index (χ0v) is 11.3. The second-order valence-corrected chi connectivity index (χ2v) is 7.62. The fraction of sp³-hybridized carbons (Fsp3) is 0.812. The van der Waals surface area contributed by atoms with Crippen molar-refractivity contribution in [3.8, 4) is 0 Å². The van der Waals surface area contributed by atoms with E-state index in [2.05, 4.69) is 15.7 Å². The van der Waals surface area contributed by atoms with Crippen molar-refractivity contribution >= 4 is 0 Å². The Morgan fingerprint density at radius 3 is 2.21 bits per heavy atom. The maximum Gasteiger partial charge on any atom is 0.325 e. The molecule has 5 saturated carbocycles. The van der Waals surface area contributed by atoms with Gasteiger partial charge in [0.15, 0.2) is 0 Å². The maximum absolute atomic E-state index is 12.3. The van der Waals surface area contributed by atoms with Gasteiger partial charge in [-0.3, -0.25) is 4.57 Å². The molecule has 0 aliphatic heterocycles. The summed E-state index contributed by atoms with van der Waals surface area (Å²) in [5, 5.41) is 0. The molecule has 0 radical (unpaired) electrons. The molecule has 5 aliphatic rings. The fourth-order valence-electron chi connectivity index (χ4n) is 5.60. The van der Waals surface area contributed by atoms with Crippen LogP contribution in [0.1, 0.15) is 62.6 Å². The summed E-state index contributed by atoms with van der Waals surface area (Å²) >= 11 is 0. The van der Waals surface area contributed by atoms with Gasteiger partial charge in [0.05, 0.1) is 0 Å². The zero-order chi connectivity index (χ0) is 12.6. The lowest BCUT2D eigenvalue weighted by atomic mass is 9.54. The molecule has 0 amide bonds.